The van der Waals surface area contributed by atoms with E-state index in [4.69, 9.17) is 27.9 Å². The number of ether oxygens (including phenoxy) is 1. The van der Waals surface area contributed by atoms with Crippen molar-refractivity contribution in [2.24, 2.45) is 0 Å². The largest absolute Gasteiger partial charge is 0.495 e. The molecule has 1 aliphatic rings. The fraction of sp³-hybridized carbons (Fsp3) is 0.316. The number of nitrogens with zero attached hydrogens (tertiary/aromatic N) is 2. The van der Waals surface area contributed by atoms with Crippen molar-refractivity contribution in [1.29, 1.82) is 0 Å². The summed E-state index contributed by atoms with van der Waals surface area (Å²) in [5.41, 5.74) is 3.27. The first-order valence-electron chi connectivity index (χ1n) is 16.3. The number of rotatable bonds is 13. The van der Waals surface area contributed by atoms with E-state index >= 15 is 0 Å². The number of amides is 2. The van der Waals surface area contributed by atoms with Gasteiger partial charge < -0.3 is 15.0 Å². The fourth-order valence-electron chi connectivity index (χ4n) is 6.10. The highest BCUT2D eigenvalue weighted by Crippen LogP contribution is 2.34. The minimum atomic E-state index is -4.30. The van der Waals surface area contributed by atoms with Gasteiger partial charge in [-0.15, -0.1) is 0 Å². The van der Waals surface area contributed by atoms with Crippen LogP contribution in [-0.2, 0) is 32.6 Å². The maximum Gasteiger partial charge on any atom is 0.264 e. The quantitative estimate of drug-likeness (QED) is 0.154. The van der Waals surface area contributed by atoms with Crippen LogP contribution in [0.3, 0.4) is 0 Å². The van der Waals surface area contributed by atoms with Gasteiger partial charge in [0.15, 0.2) is 0 Å². The van der Waals surface area contributed by atoms with Crippen LogP contribution in [0.1, 0.15) is 47.9 Å². The molecule has 11 heteroatoms. The summed E-state index contributed by atoms with van der Waals surface area (Å²) in [4.78, 5) is 30.5. The van der Waals surface area contributed by atoms with Crippen molar-refractivity contribution in [3.05, 3.63) is 123 Å². The molecule has 2 amide bonds. The lowest BCUT2D eigenvalue weighted by Crippen LogP contribution is -2.54. The van der Waals surface area contributed by atoms with Gasteiger partial charge in [-0.2, -0.15) is 0 Å². The SMILES string of the molecule is COc1ccc(C)cc1N(CC(=O)N(Cc1ccc(Cl)cc1Cl)[C@@H](Cc1ccccc1)C(=O)NC1CCCC1)S(=O)(=O)c1ccc(C)cc1. The Morgan fingerprint density at radius 1 is 0.898 bits per heavy atom. The summed E-state index contributed by atoms with van der Waals surface area (Å²) in [6.45, 7) is 3.03. The number of nitrogens with one attached hydrogen (secondary N) is 1. The van der Waals surface area contributed by atoms with Crippen molar-refractivity contribution >= 4 is 50.7 Å². The van der Waals surface area contributed by atoms with Crippen LogP contribution in [0.4, 0.5) is 5.69 Å². The van der Waals surface area contributed by atoms with Gasteiger partial charge in [-0.25, -0.2) is 8.42 Å². The summed E-state index contributed by atoms with van der Waals surface area (Å²) >= 11 is 12.9. The number of sulfonamides is 1. The Morgan fingerprint density at radius 2 is 1.57 bits per heavy atom. The lowest BCUT2D eigenvalue weighted by Gasteiger charge is -2.35. The summed E-state index contributed by atoms with van der Waals surface area (Å²) in [7, 11) is -2.85. The summed E-state index contributed by atoms with van der Waals surface area (Å²) < 4.78 is 35.6. The molecule has 4 aromatic rings. The van der Waals surface area contributed by atoms with Gasteiger partial charge >= 0.3 is 0 Å². The zero-order valence-corrected chi connectivity index (χ0v) is 30.2. The minimum absolute atomic E-state index is 0.00295. The van der Waals surface area contributed by atoms with Crippen molar-refractivity contribution in [3.8, 4) is 5.75 Å². The second-order valence-electron chi connectivity index (χ2n) is 12.5. The van der Waals surface area contributed by atoms with E-state index in [-0.39, 0.29) is 41.2 Å². The van der Waals surface area contributed by atoms with E-state index in [9.17, 15) is 18.0 Å². The molecule has 1 aliphatic carbocycles. The van der Waals surface area contributed by atoms with Crippen molar-refractivity contribution in [2.75, 3.05) is 18.0 Å². The molecular weight excluding hydrogens is 681 g/mol. The number of hydrogen-bond donors (Lipinski definition) is 1. The van der Waals surface area contributed by atoms with E-state index in [1.807, 2.05) is 44.2 Å². The van der Waals surface area contributed by atoms with Crippen LogP contribution >= 0.6 is 23.2 Å². The van der Waals surface area contributed by atoms with Crippen LogP contribution in [0.15, 0.2) is 95.9 Å². The lowest BCUT2D eigenvalue weighted by molar-refractivity contribution is -0.140. The molecule has 0 aliphatic heterocycles. The second-order valence-corrected chi connectivity index (χ2v) is 15.2. The normalized spacial score (nSPS) is 13.9. The van der Waals surface area contributed by atoms with Gasteiger partial charge in [0.25, 0.3) is 10.0 Å². The average Bonchev–Trinajstić information content (AvgIpc) is 3.59. The van der Waals surface area contributed by atoms with Crippen molar-refractivity contribution < 1.29 is 22.7 Å². The zero-order valence-electron chi connectivity index (χ0n) is 27.9. The molecule has 0 heterocycles. The lowest BCUT2D eigenvalue weighted by atomic mass is 10.0. The molecule has 0 aromatic heterocycles. The molecule has 8 nitrogen and oxygen atoms in total. The van der Waals surface area contributed by atoms with Crippen molar-refractivity contribution in [1.82, 2.24) is 10.2 Å². The molecule has 0 spiro atoms. The van der Waals surface area contributed by atoms with Gasteiger partial charge in [-0.05, 0) is 79.8 Å². The predicted octanol–water partition coefficient (Wildman–Crippen LogP) is 7.51. The molecule has 1 saturated carbocycles. The number of carbonyl (C=O) groups excluding carboxylic acids is 2. The molecule has 49 heavy (non-hydrogen) atoms. The van der Waals surface area contributed by atoms with Crippen molar-refractivity contribution in [3.63, 3.8) is 0 Å². The number of benzene rings is 4. The van der Waals surface area contributed by atoms with Gasteiger partial charge in [0.2, 0.25) is 11.8 Å². The third-order valence-corrected chi connectivity index (χ3v) is 11.2. The Bertz CT molecular complexity index is 1880. The Labute approximate surface area is 299 Å². The molecule has 1 fully saturated rings. The Morgan fingerprint density at radius 3 is 2.22 bits per heavy atom. The minimum Gasteiger partial charge on any atom is -0.495 e. The monoisotopic (exact) mass is 721 g/mol. The highest BCUT2D eigenvalue weighted by Gasteiger charge is 2.36. The van der Waals surface area contributed by atoms with Crippen molar-refractivity contribution in [2.45, 2.75) is 69.5 Å². The number of hydrogen-bond acceptors (Lipinski definition) is 5. The molecule has 1 N–H and O–H groups in total. The van der Waals surface area contributed by atoms with Gasteiger partial charge in [-0.1, -0.05) is 96.2 Å². The summed E-state index contributed by atoms with van der Waals surface area (Å²) in [6, 6.07) is 25.0. The molecule has 5 rings (SSSR count). The number of methoxy groups -OCH3 is 1. The molecule has 0 saturated heterocycles. The standard InChI is InChI=1S/C38H41Cl2N3O5S/c1-26-13-18-32(19-14-26)49(46,47)43(34-21-27(2)15-20-36(34)48-3)25-37(44)42(24-29-16-17-30(39)23-33(29)40)35(22-28-9-5-4-6-10-28)38(45)41-31-11-7-8-12-31/h4-6,9-10,13-21,23,31,35H,7-8,11-12,22,24-25H2,1-3H3,(H,41,45)/t35-/m0/s1. The summed E-state index contributed by atoms with van der Waals surface area (Å²) in [5.74, 6) is -0.621. The number of aryl methyl sites for hydroxylation is 2. The fourth-order valence-corrected chi connectivity index (χ4v) is 7.99. The Balaban J connectivity index is 1.62. The van der Waals surface area contributed by atoms with E-state index in [0.29, 0.717) is 15.6 Å². The molecule has 4 aromatic carbocycles. The molecule has 0 bridgehead atoms. The first kappa shape index (κ1) is 36.2. The van der Waals surface area contributed by atoms with Crippen LogP contribution in [0, 0.1) is 13.8 Å². The number of anilines is 1. The van der Waals surface area contributed by atoms with E-state index in [1.165, 1.54) is 24.1 Å². The topological polar surface area (TPSA) is 96.0 Å². The Kier molecular flexibility index (Phi) is 11.9. The smallest absolute Gasteiger partial charge is 0.264 e. The van der Waals surface area contributed by atoms with Crippen LogP contribution in [0.2, 0.25) is 10.0 Å². The van der Waals surface area contributed by atoms with Gasteiger partial charge in [-0.3, -0.25) is 13.9 Å². The summed E-state index contributed by atoms with van der Waals surface area (Å²) in [6.07, 6.45) is 3.95. The summed E-state index contributed by atoms with van der Waals surface area (Å²) in [5, 5.41) is 3.93. The van der Waals surface area contributed by atoms with Crippen LogP contribution < -0.4 is 14.4 Å². The van der Waals surface area contributed by atoms with Crippen LogP contribution in [0.25, 0.3) is 0 Å². The molecule has 1 atom stereocenters. The van der Waals surface area contributed by atoms with Crippen LogP contribution in [-0.4, -0.2) is 50.9 Å². The second kappa shape index (κ2) is 16.1. The van der Waals surface area contributed by atoms with Gasteiger partial charge in [0.1, 0.15) is 18.3 Å². The Hall–Kier alpha value is -4.05. The number of halogens is 2. The maximum absolute atomic E-state index is 14.8. The van der Waals surface area contributed by atoms with E-state index in [2.05, 4.69) is 5.32 Å². The van der Waals surface area contributed by atoms with E-state index < -0.39 is 28.5 Å². The number of carbonyl (C=O) groups is 2. The molecule has 258 valence electrons. The third kappa shape index (κ3) is 8.95. The van der Waals surface area contributed by atoms with E-state index in [0.717, 1.165) is 46.7 Å². The third-order valence-electron chi connectivity index (χ3n) is 8.82. The van der Waals surface area contributed by atoms with E-state index in [1.54, 1.807) is 48.5 Å². The highest BCUT2D eigenvalue weighted by atomic mass is 35.5. The first-order valence-corrected chi connectivity index (χ1v) is 18.5. The molecular formula is C38H41Cl2N3O5S. The maximum atomic E-state index is 14.8. The molecule has 0 unspecified atom stereocenters. The molecule has 0 radical (unpaired) electrons. The highest BCUT2D eigenvalue weighted by molar-refractivity contribution is 7.92. The van der Waals surface area contributed by atoms with Gasteiger partial charge in [0, 0.05) is 29.1 Å². The average molecular weight is 723 g/mol. The zero-order chi connectivity index (χ0) is 35.1. The van der Waals surface area contributed by atoms with Crippen LogP contribution in [0.5, 0.6) is 5.75 Å². The predicted molar refractivity (Wildman–Crippen MR) is 195 cm³/mol. The van der Waals surface area contributed by atoms with Gasteiger partial charge in [0.05, 0.1) is 17.7 Å². The first-order chi connectivity index (χ1) is 23.5.